The van der Waals surface area contributed by atoms with Crippen LogP contribution in [0.25, 0.3) is 11.0 Å². The van der Waals surface area contributed by atoms with Gasteiger partial charge >= 0.3 is 0 Å². The summed E-state index contributed by atoms with van der Waals surface area (Å²) in [5.74, 6) is 0.884. The van der Waals surface area contributed by atoms with Crippen molar-refractivity contribution < 1.29 is 9.13 Å². The molecule has 0 spiro atoms. The Labute approximate surface area is 129 Å². The quantitative estimate of drug-likeness (QED) is 0.735. The van der Waals surface area contributed by atoms with E-state index in [1.807, 2.05) is 4.57 Å². The van der Waals surface area contributed by atoms with Gasteiger partial charge in [0.2, 0.25) is 0 Å². The van der Waals surface area contributed by atoms with Crippen LogP contribution in [-0.2, 0) is 12.4 Å². The maximum absolute atomic E-state index is 13.8. The molecule has 0 unspecified atom stereocenters. The van der Waals surface area contributed by atoms with Crippen molar-refractivity contribution in [3.05, 3.63) is 23.8 Å². The second kappa shape index (κ2) is 7.09. The second-order valence-corrected chi connectivity index (χ2v) is 5.08. The standard InChI is InChI=1S/C15H21ClFN3O/c1-4-19(5-2)6-7-20-13-9-14(21-3)11(17)8-12(13)18-15(20)10-16/h8-9H,4-7,10H2,1-3H3. The third kappa shape index (κ3) is 3.30. The molecule has 4 nitrogen and oxygen atoms in total. The van der Waals surface area contributed by atoms with Crippen molar-refractivity contribution in [2.45, 2.75) is 26.3 Å². The Hall–Kier alpha value is -1.33. The third-order valence-corrected chi connectivity index (χ3v) is 3.99. The van der Waals surface area contributed by atoms with Gasteiger partial charge in [0.25, 0.3) is 0 Å². The number of rotatable bonds is 7. The van der Waals surface area contributed by atoms with Crippen molar-refractivity contribution in [2.75, 3.05) is 26.7 Å². The fourth-order valence-electron chi connectivity index (χ4n) is 2.47. The molecule has 0 amide bonds. The molecule has 1 aromatic carbocycles. The molecule has 0 fully saturated rings. The van der Waals surface area contributed by atoms with Gasteiger partial charge in [-0.3, -0.25) is 0 Å². The summed E-state index contributed by atoms with van der Waals surface area (Å²) in [4.78, 5) is 6.74. The number of fused-ring (bicyclic) bond motifs is 1. The molecule has 2 rings (SSSR count). The average Bonchev–Trinajstić information content (AvgIpc) is 2.84. The normalized spacial score (nSPS) is 11.5. The number of nitrogens with zero attached hydrogens (tertiary/aromatic N) is 3. The van der Waals surface area contributed by atoms with Gasteiger partial charge in [-0.2, -0.15) is 0 Å². The fraction of sp³-hybridized carbons (Fsp3) is 0.533. The molecule has 0 aliphatic heterocycles. The minimum Gasteiger partial charge on any atom is -0.494 e. The molecule has 1 heterocycles. The van der Waals surface area contributed by atoms with Crippen molar-refractivity contribution in [3.63, 3.8) is 0 Å². The molecule has 6 heteroatoms. The summed E-state index contributed by atoms with van der Waals surface area (Å²) in [7, 11) is 1.46. The molecule has 2 aromatic rings. The summed E-state index contributed by atoms with van der Waals surface area (Å²) in [6, 6.07) is 3.09. The highest BCUT2D eigenvalue weighted by molar-refractivity contribution is 6.16. The minimum absolute atomic E-state index is 0.229. The predicted molar refractivity (Wildman–Crippen MR) is 83.6 cm³/mol. The highest BCUT2D eigenvalue weighted by Gasteiger charge is 2.14. The lowest BCUT2D eigenvalue weighted by Gasteiger charge is -2.19. The van der Waals surface area contributed by atoms with E-state index >= 15 is 0 Å². The van der Waals surface area contributed by atoms with E-state index in [-0.39, 0.29) is 5.75 Å². The fourth-order valence-corrected chi connectivity index (χ4v) is 2.67. The predicted octanol–water partition coefficient (Wildman–Crippen LogP) is 3.26. The second-order valence-electron chi connectivity index (χ2n) is 4.82. The van der Waals surface area contributed by atoms with Crippen LogP contribution in [0.3, 0.4) is 0 Å². The number of methoxy groups -OCH3 is 1. The van der Waals surface area contributed by atoms with Gasteiger partial charge in [0.15, 0.2) is 11.6 Å². The van der Waals surface area contributed by atoms with Gasteiger partial charge < -0.3 is 14.2 Å². The Kier molecular flexibility index (Phi) is 5.42. The Morgan fingerprint density at radius 1 is 1.33 bits per heavy atom. The lowest BCUT2D eigenvalue weighted by molar-refractivity contribution is 0.291. The lowest BCUT2D eigenvalue weighted by Crippen LogP contribution is -2.27. The number of hydrogen-bond donors (Lipinski definition) is 0. The van der Waals surface area contributed by atoms with E-state index in [1.165, 1.54) is 13.2 Å². The number of aromatic nitrogens is 2. The number of imidazole rings is 1. The molecule has 116 valence electrons. The number of alkyl halides is 1. The van der Waals surface area contributed by atoms with Gasteiger partial charge in [0, 0.05) is 25.2 Å². The average molecular weight is 314 g/mol. The number of hydrogen-bond acceptors (Lipinski definition) is 3. The zero-order chi connectivity index (χ0) is 15.4. The van der Waals surface area contributed by atoms with Crippen LogP contribution in [0.2, 0.25) is 0 Å². The highest BCUT2D eigenvalue weighted by atomic mass is 35.5. The van der Waals surface area contributed by atoms with E-state index in [1.54, 1.807) is 6.07 Å². The van der Waals surface area contributed by atoms with Crippen molar-refractivity contribution in [1.29, 1.82) is 0 Å². The number of benzene rings is 1. The number of ether oxygens (including phenoxy) is 1. The first-order valence-corrected chi connectivity index (χ1v) is 7.68. The van der Waals surface area contributed by atoms with Crippen LogP contribution in [0.4, 0.5) is 4.39 Å². The smallest absolute Gasteiger partial charge is 0.167 e. The zero-order valence-corrected chi connectivity index (χ0v) is 13.5. The summed E-state index contributed by atoms with van der Waals surface area (Å²) in [5, 5.41) is 0. The van der Waals surface area contributed by atoms with Crippen molar-refractivity contribution in [2.24, 2.45) is 0 Å². The largest absolute Gasteiger partial charge is 0.494 e. The summed E-state index contributed by atoms with van der Waals surface area (Å²) in [5.41, 5.74) is 1.47. The first-order valence-electron chi connectivity index (χ1n) is 7.15. The molecule has 0 radical (unpaired) electrons. The van der Waals surface area contributed by atoms with E-state index in [9.17, 15) is 4.39 Å². The maximum atomic E-state index is 13.8. The van der Waals surface area contributed by atoms with Crippen LogP contribution in [0.5, 0.6) is 5.75 Å². The zero-order valence-electron chi connectivity index (χ0n) is 12.7. The summed E-state index contributed by atoms with van der Waals surface area (Å²) in [6.07, 6.45) is 0. The van der Waals surface area contributed by atoms with Crippen LogP contribution >= 0.6 is 11.6 Å². The van der Waals surface area contributed by atoms with Crippen LogP contribution in [-0.4, -0.2) is 41.2 Å². The monoisotopic (exact) mass is 313 g/mol. The summed E-state index contributed by atoms with van der Waals surface area (Å²) >= 11 is 5.98. The van der Waals surface area contributed by atoms with Crippen LogP contribution < -0.4 is 4.74 Å². The SMILES string of the molecule is CCN(CC)CCn1c(CCl)nc2cc(F)c(OC)cc21. The van der Waals surface area contributed by atoms with Gasteiger partial charge in [0.1, 0.15) is 5.82 Å². The van der Waals surface area contributed by atoms with Gasteiger partial charge in [-0.15, -0.1) is 11.6 Å². The van der Waals surface area contributed by atoms with Crippen LogP contribution in [0, 0.1) is 5.82 Å². The summed E-state index contributed by atoms with van der Waals surface area (Å²) < 4.78 is 20.9. The van der Waals surface area contributed by atoms with E-state index in [2.05, 4.69) is 23.7 Å². The molecular formula is C15H21ClFN3O. The molecule has 0 aliphatic carbocycles. The van der Waals surface area contributed by atoms with Gasteiger partial charge in [0.05, 0.1) is 24.0 Å². The van der Waals surface area contributed by atoms with E-state index < -0.39 is 5.82 Å². The van der Waals surface area contributed by atoms with Crippen LogP contribution in [0.1, 0.15) is 19.7 Å². The van der Waals surface area contributed by atoms with E-state index in [4.69, 9.17) is 16.3 Å². The molecule has 0 bridgehead atoms. The minimum atomic E-state index is -0.403. The highest BCUT2D eigenvalue weighted by Crippen LogP contribution is 2.26. The molecule has 1 aromatic heterocycles. The van der Waals surface area contributed by atoms with Crippen molar-refractivity contribution in [1.82, 2.24) is 14.5 Å². The molecule has 0 aliphatic rings. The molecular weight excluding hydrogens is 293 g/mol. The molecule has 0 saturated carbocycles. The third-order valence-electron chi connectivity index (χ3n) is 3.75. The van der Waals surface area contributed by atoms with Gasteiger partial charge in [-0.25, -0.2) is 9.37 Å². The van der Waals surface area contributed by atoms with Crippen molar-refractivity contribution in [3.8, 4) is 5.75 Å². The maximum Gasteiger partial charge on any atom is 0.167 e. The molecule has 0 saturated heterocycles. The van der Waals surface area contributed by atoms with E-state index in [0.717, 1.165) is 37.5 Å². The Morgan fingerprint density at radius 2 is 2.05 bits per heavy atom. The first kappa shape index (κ1) is 16.0. The van der Waals surface area contributed by atoms with Crippen LogP contribution in [0.15, 0.2) is 12.1 Å². The van der Waals surface area contributed by atoms with E-state index in [0.29, 0.717) is 11.4 Å². The molecule has 0 atom stereocenters. The van der Waals surface area contributed by atoms with Gasteiger partial charge in [-0.1, -0.05) is 13.8 Å². The number of likely N-dealkylation sites (N-methyl/N-ethyl adjacent to an activating group) is 1. The summed E-state index contributed by atoms with van der Waals surface area (Å²) in [6.45, 7) is 7.94. The Morgan fingerprint density at radius 3 is 2.62 bits per heavy atom. The topological polar surface area (TPSA) is 30.3 Å². The van der Waals surface area contributed by atoms with Gasteiger partial charge in [-0.05, 0) is 13.1 Å². The Bertz CT molecular complexity index is 610. The Balaban J connectivity index is 2.39. The van der Waals surface area contributed by atoms with Crippen molar-refractivity contribution >= 4 is 22.6 Å². The lowest BCUT2D eigenvalue weighted by atomic mass is 10.3. The molecule has 21 heavy (non-hydrogen) atoms. The first-order chi connectivity index (χ1) is 10.1. The molecule has 0 N–H and O–H groups in total. The number of halogens is 2.